The predicted molar refractivity (Wildman–Crippen MR) is 19.8 cm³/mol. The molecule has 0 fully saturated rings. The summed E-state index contributed by atoms with van der Waals surface area (Å²) >= 11 is 0. The van der Waals surface area contributed by atoms with Gasteiger partial charge >= 0.3 is 0 Å². The van der Waals surface area contributed by atoms with Crippen LogP contribution in [0.25, 0.3) is 0 Å². The SMILES string of the molecule is [Zr].c1cc[n-]c1. The molecule has 1 rings (SSSR count). The molecule has 6 heavy (non-hydrogen) atoms. The van der Waals surface area contributed by atoms with Gasteiger partial charge in [0.25, 0.3) is 0 Å². The molecule has 0 spiro atoms. The number of nitrogens with zero attached hydrogens (tertiary/aromatic N) is 1. The van der Waals surface area contributed by atoms with E-state index in [1.165, 1.54) is 0 Å². The van der Waals surface area contributed by atoms with Gasteiger partial charge in [0.1, 0.15) is 0 Å². The Hall–Kier alpha value is 0.163. The second-order valence-corrected chi connectivity index (χ2v) is 0.832. The summed E-state index contributed by atoms with van der Waals surface area (Å²) in [6.07, 6.45) is 3.50. The number of rotatable bonds is 0. The molecule has 0 atom stereocenters. The quantitative estimate of drug-likeness (QED) is 0.539. The molecule has 0 unspecified atom stereocenters. The van der Waals surface area contributed by atoms with Gasteiger partial charge in [-0.25, -0.2) is 0 Å². The molecule has 0 amide bonds. The van der Waals surface area contributed by atoms with Crippen LogP contribution in [0.1, 0.15) is 0 Å². The molecule has 0 N–H and O–H groups in total. The molecule has 1 aromatic heterocycles. The third-order valence-corrected chi connectivity index (χ3v) is 0.455. The minimum absolute atomic E-state index is 0. The maximum atomic E-state index is 3.72. The van der Waals surface area contributed by atoms with E-state index in [9.17, 15) is 0 Å². The molecule has 0 aliphatic carbocycles. The van der Waals surface area contributed by atoms with Crippen molar-refractivity contribution in [1.82, 2.24) is 4.98 Å². The Morgan fingerprint density at radius 2 is 1.50 bits per heavy atom. The van der Waals surface area contributed by atoms with E-state index >= 15 is 0 Å². The first-order valence-electron chi connectivity index (χ1n) is 1.52. The van der Waals surface area contributed by atoms with Gasteiger partial charge in [-0.05, 0) is 0 Å². The summed E-state index contributed by atoms with van der Waals surface area (Å²) in [5, 5.41) is 0. The fourth-order valence-corrected chi connectivity index (χ4v) is 0.248. The Labute approximate surface area is 55.9 Å². The zero-order valence-electron chi connectivity index (χ0n) is 3.26. The van der Waals surface area contributed by atoms with Gasteiger partial charge in [0.15, 0.2) is 0 Å². The average molecular weight is 157 g/mol. The van der Waals surface area contributed by atoms with E-state index in [0.29, 0.717) is 0 Å². The van der Waals surface area contributed by atoms with Gasteiger partial charge in [-0.3, -0.25) is 0 Å². The molecule has 0 bridgehead atoms. The van der Waals surface area contributed by atoms with Crippen molar-refractivity contribution in [3.63, 3.8) is 0 Å². The summed E-state index contributed by atoms with van der Waals surface area (Å²) in [6.45, 7) is 0. The Morgan fingerprint density at radius 1 is 1.00 bits per heavy atom. The average Bonchev–Trinajstić information content (AvgIpc) is 1.76. The molecule has 1 heterocycles. The van der Waals surface area contributed by atoms with Gasteiger partial charge in [-0.15, -0.1) is 0 Å². The summed E-state index contributed by atoms with van der Waals surface area (Å²) in [5.74, 6) is 0. The molecule has 0 aromatic carbocycles. The third kappa shape index (κ3) is 1.56. The van der Waals surface area contributed by atoms with Crippen molar-refractivity contribution in [2.75, 3.05) is 0 Å². The molecule has 1 nitrogen and oxygen atoms in total. The topological polar surface area (TPSA) is 14.1 Å². The van der Waals surface area contributed by atoms with E-state index in [2.05, 4.69) is 4.98 Å². The molecular formula is C4H4NZr-. The zero-order valence-corrected chi connectivity index (χ0v) is 5.71. The maximum Gasteiger partial charge on any atom is 0 e. The van der Waals surface area contributed by atoms with Crippen LogP contribution in [0.3, 0.4) is 0 Å². The van der Waals surface area contributed by atoms with Crippen LogP contribution >= 0.6 is 0 Å². The molecule has 2 heteroatoms. The molecule has 0 saturated carbocycles. The summed E-state index contributed by atoms with van der Waals surface area (Å²) in [5.41, 5.74) is 0. The molecule has 0 aliphatic rings. The second-order valence-electron chi connectivity index (χ2n) is 0.832. The molecule has 0 radical (unpaired) electrons. The minimum Gasteiger partial charge on any atom is -0.670 e. The first kappa shape index (κ1) is 6.16. The molecule has 0 saturated heterocycles. The summed E-state index contributed by atoms with van der Waals surface area (Å²) in [6, 6.07) is 3.78. The Balaban J connectivity index is 0.000000250. The van der Waals surface area contributed by atoms with Gasteiger partial charge in [-0.2, -0.15) is 12.4 Å². The van der Waals surface area contributed by atoms with Crippen LogP contribution < -0.4 is 4.98 Å². The Kier molecular flexibility index (Phi) is 3.45. The molecule has 1 aromatic rings. The van der Waals surface area contributed by atoms with Crippen LogP contribution in [0.4, 0.5) is 0 Å². The normalized spacial score (nSPS) is 6.67. The van der Waals surface area contributed by atoms with Gasteiger partial charge in [-0.1, -0.05) is 12.1 Å². The van der Waals surface area contributed by atoms with E-state index in [0.717, 1.165) is 0 Å². The van der Waals surface area contributed by atoms with Crippen molar-refractivity contribution >= 4 is 0 Å². The standard InChI is InChI=1S/C4H4N.Zr/c1-2-4-5-3-1;/h1-4H;/q-1;. The van der Waals surface area contributed by atoms with Crippen LogP contribution in [0, 0.1) is 0 Å². The minimum atomic E-state index is 0. The van der Waals surface area contributed by atoms with E-state index in [4.69, 9.17) is 0 Å². The van der Waals surface area contributed by atoms with Crippen molar-refractivity contribution in [3.8, 4) is 0 Å². The van der Waals surface area contributed by atoms with Gasteiger partial charge < -0.3 is 4.98 Å². The van der Waals surface area contributed by atoms with Crippen LogP contribution in [0.2, 0.25) is 0 Å². The van der Waals surface area contributed by atoms with Crippen molar-refractivity contribution in [3.05, 3.63) is 24.5 Å². The van der Waals surface area contributed by atoms with Gasteiger partial charge in [0.2, 0.25) is 0 Å². The van der Waals surface area contributed by atoms with E-state index < -0.39 is 0 Å². The van der Waals surface area contributed by atoms with E-state index in [-0.39, 0.29) is 26.2 Å². The summed E-state index contributed by atoms with van der Waals surface area (Å²) in [4.78, 5) is 3.72. The number of hydrogen-bond donors (Lipinski definition) is 0. The Morgan fingerprint density at radius 3 is 1.67 bits per heavy atom. The van der Waals surface area contributed by atoms with Crippen molar-refractivity contribution in [2.45, 2.75) is 0 Å². The first-order chi connectivity index (χ1) is 2.50. The first-order valence-corrected chi connectivity index (χ1v) is 1.52. The molecule has 0 aliphatic heterocycles. The second kappa shape index (κ2) is 3.36. The van der Waals surface area contributed by atoms with E-state index in [1.807, 2.05) is 12.1 Å². The number of hydrogen-bond acceptors (Lipinski definition) is 0. The molecule has 30 valence electrons. The molecular weight excluding hydrogens is 153 g/mol. The maximum absolute atomic E-state index is 3.72. The van der Waals surface area contributed by atoms with Crippen LogP contribution in [0.15, 0.2) is 24.5 Å². The smallest absolute Gasteiger partial charge is 0 e. The van der Waals surface area contributed by atoms with Crippen molar-refractivity contribution in [2.24, 2.45) is 0 Å². The van der Waals surface area contributed by atoms with Crippen LogP contribution in [0.5, 0.6) is 0 Å². The van der Waals surface area contributed by atoms with Crippen molar-refractivity contribution in [1.29, 1.82) is 0 Å². The van der Waals surface area contributed by atoms with Gasteiger partial charge in [0.05, 0.1) is 0 Å². The summed E-state index contributed by atoms with van der Waals surface area (Å²) < 4.78 is 0. The largest absolute Gasteiger partial charge is 0.670 e. The third-order valence-electron chi connectivity index (χ3n) is 0.455. The van der Waals surface area contributed by atoms with Crippen molar-refractivity contribution < 1.29 is 26.2 Å². The predicted octanol–water partition coefficient (Wildman–Crippen LogP) is 0.641. The van der Waals surface area contributed by atoms with Gasteiger partial charge in [0, 0.05) is 26.2 Å². The monoisotopic (exact) mass is 156 g/mol. The Bertz CT molecular complexity index is 64.0. The van der Waals surface area contributed by atoms with Crippen LogP contribution in [-0.2, 0) is 26.2 Å². The number of aromatic nitrogens is 1. The van der Waals surface area contributed by atoms with Crippen LogP contribution in [-0.4, -0.2) is 0 Å². The summed E-state index contributed by atoms with van der Waals surface area (Å²) in [7, 11) is 0. The fourth-order valence-electron chi connectivity index (χ4n) is 0.248. The fraction of sp³-hybridized carbons (Fsp3) is 0. The zero-order chi connectivity index (χ0) is 3.54. The van der Waals surface area contributed by atoms with E-state index in [1.54, 1.807) is 12.4 Å².